The van der Waals surface area contributed by atoms with Crippen LogP contribution in [0.15, 0.2) is 106 Å². The van der Waals surface area contributed by atoms with E-state index in [1.54, 1.807) is 34.5 Å². The van der Waals surface area contributed by atoms with Crippen molar-refractivity contribution in [3.63, 3.8) is 0 Å². The highest BCUT2D eigenvalue weighted by Crippen LogP contribution is 2.35. The molecule has 0 unspecified atom stereocenters. The van der Waals surface area contributed by atoms with Crippen LogP contribution in [-0.4, -0.2) is 43.5 Å². The highest BCUT2D eigenvalue weighted by Gasteiger charge is 2.20. The Hall–Kier alpha value is -4.94. The second-order valence-electron chi connectivity index (χ2n) is 8.85. The molecule has 0 fully saturated rings. The monoisotopic (exact) mass is 585 g/mol. The summed E-state index contributed by atoms with van der Waals surface area (Å²) in [5.41, 5.74) is 5.65. The van der Waals surface area contributed by atoms with Gasteiger partial charge in [-0.3, -0.25) is 9.52 Å². The van der Waals surface area contributed by atoms with Crippen LogP contribution in [0.4, 0.5) is 5.69 Å². The minimum absolute atomic E-state index is 0.122. The molecular weight excluding hydrogens is 562 g/mol. The van der Waals surface area contributed by atoms with Gasteiger partial charge in [-0.15, -0.1) is 11.3 Å². The second-order valence-corrected chi connectivity index (χ2v) is 11.7. The number of rotatable bonds is 8. The second kappa shape index (κ2) is 11.3. The van der Waals surface area contributed by atoms with Gasteiger partial charge in [0.2, 0.25) is 0 Å². The molecule has 5 aromatic rings. The highest BCUT2D eigenvalue weighted by atomic mass is 32.2. The van der Waals surface area contributed by atoms with Crippen LogP contribution in [0.25, 0.3) is 16.9 Å². The summed E-state index contributed by atoms with van der Waals surface area (Å²) in [6.45, 7) is 0.950. The van der Waals surface area contributed by atoms with E-state index < -0.39 is 15.9 Å². The van der Waals surface area contributed by atoms with E-state index in [1.165, 1.54) is 24.4 Å². The molecule has 6 rings (SSSR count). The number of amides is 1. The number of sulfonamides is 1. The van der Waals surface area contributed by atoms with Gasteiger partial charge in [0, 0.05) is 17.3 Å². The molecule has 41 heavy (non-hydrogen) atoms. The van der Waals surface area contributed by atoms with Gasteiger partial charge in [0.05, 0.1) is 23.2 Å². The summed E-state index contributed by atoms with van der Waals surface area (Å²) in [5.74, 6) is 0.709. The lowest BCUT2D eigenvalue weighted by Gasteiger charge is -2.18. The van der Waals surface area contributed by atoms with E-state index in [-0.39, 0.29) is 15.5 Å². The minimum Gasteiger partial charge on any atom is -0.486 e. The first kappa shape index (κ1) is 26.3. The number of nitrogens with one attached hydrogen (secondary N) is 2. The van der Waals surface area contributed by atoms with Crippen LogP contribution in [0.3, 0.4) is 0 Å². The number of hydrogen-bond donors (Lipinski definition) is 2. The number of hydrogen-bond acceptors (Lipinski definition) is 8. The molecule has 2 aromatic heterocycles. The van der Waals surface area contributed by atoms with Crippen molar-refractivity contribution < 1.29 is 22.7 Å². The van der Waals surface area contributed by atoms with Gasteiger partial charge in [-0.05, 0) is 53.9 Å². The SMILES string of the molecule is O=C(N/N=C\c1cn(-c2ccccc2)nc1-c1ccc2c(c1)OCCO2)c1ccccc1NS(=O)(=O)c1cccs1. The third-order valence-corrected chi connectivity index (χ3v) is 8.89. The Morgan fingerprint density at radius 2 is 1.73 bits per heavy atom. The number of carbonyl (C=O) groups is 1. The zero-order valence-electron chi connectivity index (χ0n) is 21.4. The van der Waals surface area contributed by atoms with E-state index in [4.69, 9.17) is 14.6 Å². The summed E-state index contributed by atoms with van der Waals surface area (Å²) < 4.78 is 41.2. The molecule has 0 saturated carbocycles. The number of thiophene rings is 1. The number of para-hydroxylation sites is 2. The van der Waals surface area contributed by atoms with Crippen molar-refractivity contribution >= 4 is 39.2 Å². The molecule has 2 N–H and O–H groups in total. The van der Waals surface area contributed by atoms with Crippen molar-refractivity contribution in [2.24, 2.45) is 5.10 Å². The number of hydrazone groups is 1. The van der Waals surface area contributed by atoms with E-state index in [0.717, 1.165) is 22.6 Å². The molecule has 3 aromatic carbocycles. The van der Waals surface area contributed by atoms with Crippen molar-refractivity contribution in [1.82, 2.24) is 15.2 Å². The van der Waals surface area contributed by atoms with Crippen molar-refractivity contribution in [2.75, 3.05) is 17.9 Å². The molecule has 1 aliphatic rings. The predicted octanol–water partition coefficient (Wildman–Crippen LogP) is 4.94. The van der Waals surface area contributed by atoms with Gasteiger partial charge in [0.1, 0.15) is 23.1 Å². The summed E-state index contributed by atoms with van der Waals surface area (Å²) in [6.07, 6.45) is 3.30. The van der Waals surface area contributed by atoms with Gasteiger partial charge in [-0.25, -0.2) is 18.5 Å². The molecule has 0 atom stereocenters. The summed E-state index contributed by atoms with van der Waals surface area (Å²) in [7, 11) is -3.84. The highest BCUT2D eigenvalue weighted by molar-refractivity contribution is 7.94. The van der Waals surface area contributed by atoms with Gasteiger partial charge in [0.25, 0.3) is 15.9 Å². The molecule has 1 amide bonds. The van der Waals surface area contributed by atoms with E-state index in [9.17, 15) is 13.2 Å². The van der Waals surface area contributed by atoms with Crippen molar-refractivity contribution in [1.29, 1.82) is 0 Å². The standard InChI is InChI=1S/C29H23N5O5S2/c35-29(23-9-4-5-10-24(23)33-41(36,37)27-11-6-16-40-27)31-30-18-21-19-34(22-7-2-1-3-8-22)32-28(21)20-12-13-25-26(17-20)39-15-14-38-25/h1-13,16-19,33H,14-15H2,(H,31,35)/b30-18-. The van der Waals surface area contributed by atoms with Crippen molar-refractivity contribution in [2.45, 2.75) is 4.21 Å². The van der Waals surface area contributed by atoms with E-state index in [2.05, 4.69) is 15.2 Å². The van der Waals surface area contributed by atoms with Crippen LogP contribution >= 0.6 is 11.3 Å². The summed E-state index contributed by atoms with van der Waals surface area (Å²) >= 11 is 1.08. The molecule has 1 aliphatic heterocycles. The van der Waals surface area contributed by atoms with Crippen LogP contribution in [-0.2, 0) is 10.0 Å². The normalized spacial score (nSPS) is 12.8. The van der Waals surface area contributed by atoms with Crippen molar-refractivity contribution in [3.05, 3.63) is 108 Å². The molecule has 206 valence electrons. The maximum Gasteiger partial charge on any atom is 0.273 e. The first-order chi connectivity index (χ1) is 20.0. The average molecular weight is 586 g/mol. The van der Waals surface area contributed by atoms with E-state index in [1.807, 2.05) is 48.5 Å². The number of ether oxygens (including phenoxy) is 2. The van der Waals surface area contributed by atoms with Crippen LogP contribution in [0, 0.1) is 0 Å². The maximum absolute atomic E-state index is 13.1. The number of fused-ring (bicyclic) bond motifs is 1. The Morgan fingerprint density at radius 3 is 2.54 bits per heavy atom. The molecule has 0 radical (unpaired) electrons. The van der Waals surface area contributed by atoms with Gasteiger partial charge >= 0.3 is 0 Å². The molecular formula is C29H23N5O5S2. The first-order valence-corrected chi connectivity index (χ1v) is 14.9. The molecule has 10 nitrogen and oxygen atoms in total. The van der Waals surface area contributed by atoms with Crippen LogP contribution in [0.2, 0.25) is 0 Å². The lowest BCUT2D eigenvalue weighted by Crippen LogP contribution is -2.21. The molecule has 12 heteroatoms. The van der Waals surface area contributed by atoms with Gasteiger partial charge < -0.3 is 9.47 Å². The van der Waals surface area contributed by atoms with Crippen LogP contribution < -0.4 is 19.6 Å². The number of anilines is 1. The van der Waals surface area contributed by atoms with E-state index >= 15 is 0 Å². The lowest BCUT2D eigenvalue weighted by molar-refractivity contribution is 0.0956. The smallest absolute Gasteiger partial charge is 0.273 e. The first-order valence-electron chi connectivity index (χ1n) is 12.5. The van der Waals surface area contributed by atoms with Gasteiger partial charge in [-0.1, -0.05) is 36.4 Å². The Kier molecular flexibility index (Phi) is 7.23. The van der Waals surface area contributed by atoms with Gasteiger partial charge in [0.15, 0.2) is 11.5 Å². The van der Waals surface area contributed by atoms with Crippen molar-refractivity contribution in [3.8, 4) is 28.4 Å². The number of benzene rings is 3. The Labute approximate surface area is 239 Å². The number of aromatic nitrogens is 2. The average Bonchev–Trinajstić information content (AvgIpc) is 3.69. The Morgan fingerprint density at radius 1 is 0.951 bits per heavy atom. The fourth-order valence-electron chi connectivity index (χ4n) is 4.21. The molecule has 0 bridgehead atoms. The zero-order valence-corrected chi connectivity index (χ0v) is 23.1. The maximum atomic E-state index is 13.1. The molecule has 3 heterocycles. The third kappa shape index (κ3) is 5.69. The molecule has 0 saturated heterocycles. The minimum atomic E-state index is -3.84. The number of carbonyl (C=O) groups excluding carboxylic acids is 1. The fraction of sp³-hybridized carbons (Fsp3) is 0.0690. The van der Waals surface area contributed by atoms with Crippen LogP contribution in [0.1, 0.15) is 15.9 Å². The van der Waals surface area contributed by atoms with Crippen LogP contribution in [0.5, 0.6) is 11.5 Å². The Bertz CT molecular complexity index is 1830. The largest absolute Gasteiger partial charge is 0.486 e. The lowest BCUT2D eigenvalue weighted by atomic mass is 10.1. The summed E-state index contributed by atoms with van der Waals surface area (Å²) in [4.78, 5) is 13.1. The summed E-state index contributed by atoms with van der Waals surface area (Å²) in [5, 5.41) is 10.6. The quantitative estimate of drug-likeness (QED) is 0.197. The number of nitrogens with zero attached hydrogens (tertiary/aromatic N) is 3. The van der Waals surface area contributed by atoms with Gasteiger partial charge in [-0.2, -0.15) is 10.2 Å². The fourth-order valence-corrected chi connectivity index (χ4v) is 6.28. The topological polar surface area (TPSA) is 124 Å². The molecule has 0 spiro atoms. The van der Waals surface area contributed by atoms with E-state index in [0.29, 0.717) is 36.0 Å². The zero-order chi connectivity index (χ0) is 28.2. The summed E-state index contributed by atoms with van der Waals surface area (Å²) in [6, 6.07) is 24.7. The molecule has 0 aliphatic carbocycles. The third-order valence-electron chi connectivity index (χ3n) is 6.12. The predicted molar refractivity (Wildman–Crippen MR) is 157 cm³/mol. The Balaban J connectivity index is 1.27.